The fraction of sp³-hybridized carbons (Fsp3) is 0.214. The van der Waals surface area contributed by atoms with Crippen LogP contribution in [0.2, 0.25) is 0 Å². The zero-order valence-corrected chi connectivity index (χ0v) is 11.1. The lowest BCUT2D eigenvalue weighted by molar-refractivity contribution is 0.0953. The number of carbonyl (C=O) groups is 1. The molecule has 0 aliphatic carbocycles. The quantitative estimate of drug-likeness (QED) is 0.498. The summed E-state index contributed by atoms with van der Waals surface area (Å²) < 4.78 is 19.1. The molecule has 0 aliphatic heterocycles. The van der Waals surface area contributed by atoms with Gasteiger partial charge in [-0.1, -0.05) is 12.1 Å². The molecule has 2 aromatic rings. The van der Waals surface area contributed by atoms with Crippen molar-refractivity contribution in [1.82, 2.24) is 5.43 Å². The van der Waals surface area contributed by atoms with Gasteiger partial charge in [-0.15, -0.1) is 0 Å². The second-order valence-corrected chi connectivity index (χ2v) is 4.24. The molecule has 0 fully saturated rings. The van der Waals surface area contributed by atoms with Crippen LogP contribution in [-0.4, -0.2) is 12.5 Å². The Bertz CT molecular complexity index is 598. The molecule has 0 radical (unpaired) electrons. The van der Waals surface area contributed by atoms with E-state index in [2.05, 4.69) is 0 Å². The van der Waals surface area contributed by atoms with Gasteiger partial charge in [0, 0.05) is 6.54 Å². The monoisotopic (exact) mass is 277 g/mol. The third-order valence-corrected chi connectivity index (χ3v) is 2.97. The molecule has 0 unspecified atom stereocenters. The standard InChI is InChI=1S/C14H16FN3O2/c1-2-18(13-6-4-3-5-12(13)15)8-11-7-10(9-20-11)14(19)17-16/h3-7,9H,2,8,16H2,1H3,(H,17,19). The minimum absolute atomic E-state index is 0.291. The lowest BCUT2D eigenvalue weighted by Gasteiger charge is -2.22. The number of hydrazine groups is 1. The third kappa shape index (κ3) is 2.97. The fourth-order valence-electron chi connectivity index (χ4n) is 1.93. The van der Waals surface area contributed by atoms with Crippen molar-refractivity contribution in [3.63, 3.8) is 0 Å². The zero-order valence-electron chi connectivity index (χ0n) is 11.1. The van der Waals surface area contributed by atoms with Crippen molar-refractivity contribution in [2.75, 3.05) is 11.4 Å². The van der Waals surface area contributed by atoms with E-state index < -0.39 is 5.91 Å². The zero-order chi connectivity index (χ0) is 14.5. The molecule has 0 spiro atoms. The van der Waals surface area contributed by atoms with E-state index in [1.807, 2.05) is 17.2 Å². The maximum absolute atomic E-state index is 13.8. The third-order valence-electron chi connectivity index (χ3n) is 2.97. The number of furan rings is 1. The van der Waals surface area contributed by atoms with Gasteiger partial charge in [0.05, 0.1) is 17.8 Å². The lowest BCUT2D eigenvalue weighted by Crippen LogP contribution is -2.29. The summed E-state index contributed by atoms with van der Waals surface area (Å²) in [7, 11) is 0. The van der Waals surface area contributed by atoms with Crippen LogP contribution in [0.5, 0.6) is 0 Å². The van der Waals surface area contributed by atoms with Crippen LogP contribution in [0.15, 0.2) is 41.0 Å². The molecule has 1 heterocycles. The van der Waals surface area contributed by atoms with E-state index in [9.17, 15) is 9.18 Å². The first-order valence-electron chi connectivity index (χ1n) is 6.23. The highest BCUT2D eigenvalue weighted by atomic mass is 19.1. The number of para-hydroxylation sites is 1. The summed E-state index contributed by atoms with van der Waals surface area (Å²) in [4.78, 5) is 13.2. The maximum atomic E-state index is 13.8. The van der Waals surface area contributed by atoms with Gasteiger partial charge in [0.15, 0.2) is 0 Å². The van der Waals surface area contributed by atoms with E-state index in [1.54, 1.807) is 24.3 Å². The van der Waals surface area contributed by atoms with Gasteiger partial charge in [0.25, 0.3) is 5.91 Å². The molecule has 0 saturated heterocycles. The number of nitrogens with two attached hydrogens (primary N) is 1. The average molecular weight is 277 g/mol. The first-order chi connectivity index (χ1) is 9.65. The summed E-state index contributed by atoms with van der Waals surface area (Å²) in [5, 5.41) is 0. The predicted octanol–water partition coefficient (Wildman–Crippen LogP) is 2.05. The molecule has 0 atom stereocenters. The molecule has 6 heteroatoms. The molecular formula is C14H16FN3O2. The van der Waals surface area contributed by atoms with Crippen molar-refractivity contribution in [1.29, 1.82) is 0 Å². The van der Waals surface area contributed by atoms with Gasteiger partial charge in [-0.2, -0.15) is 0 Å². The van der Waals surface area contributed by atoms with E-state index in [0.29, 0.717) is 30.1 Å². The van der Waals surface area contributed by atoms with Gasteiger partial charge in [-0.25, -0.2) is 10.2 Å². The Hall–Kier alpha value is -2.34. The largest absolute Gasteiger partial charge is 0.467 e. The second kappa shape index (κ2) is 6.21. The first-order valence-corrected chi connectivity index (χ1v) is 6.23. The van der Waals surface area contributed by atoms with E-state index in [1.165, 1.54) is 12.3 Å². The summed E-state index contributed by atoms with van der Waals surface area (Å²) >= 11 is 0. The molecule has 3 N–H and O–H groups in total. The predicted molar refractivity (Wildman–Crippen MR) is 73.5 cm³/mol. The number of nitrogen functional groups attached to an aromatic ring is 1. The van der Waals surface area contributed by atoms with E-state index in [-0.39, 0.29) is 5.82 Å². The maximum Gasteiger partial charge on any atom is 0.268 e. The molecule has 0 saturated carbocycles. The van der Waals surface area contributed by atoms with Gasteiger partial charge in [0.2, 0.25) is 0 Å². The molecule has 1 aromatic heterocycles. The van der Waals surface area contributed by atoms with Crippen molar-refractivity contribution >= 4 is 11.6 Å². The summed E-state index contributed by atoms with van der Waals surface area (Å²) in [6, 6.07) is 8.12. The van der Waals surface area contributed by atoms with E-state index in [4.69, 9.17) is 10.3 Å². The number of nitrogens with zero attached hydrogens (tertiary/aromatic N) is 1. The van der Waals surface area contributed by atoms with Crippen LogP contribution in [0.25, 0.3) is 0 Å². The summed E-state index contributed by atoms with van der Waals surface area (Å²) in [6.07, 6.45) is 1.33. The smallest absolute Gasteiger partial charge is 0.268 e. The van der Waals surface area contributed by atoms with E-state index in [0.717, 1.165) is 0 Å². The lowest BCUT2D eigenvalue weighted by atomic mass is 10.2. The highest BCUT2D eigenvalue weighted by molar-refractivity contribution is 5.93. The SMILES string of the molecule is CCN(Cc1cc(C(=O)NN)co1)c1ccccc1F. The summed E-state index contributed by atoms with van der Waals surface area (Å²) in [5.74, 6) is 4.90. The minimum atomic E-state index is -0.422. The van der Waals surface area contributed by atoms with Crippen LogP contribution in [0.4, 0.5) is 10.1 Å². The van der Waals surface area contributed by atoms with Crippen molar-refractivity contribution in [2.45, 2.75) is 13.5 Å². The van der Waals surface area contributed by atoms with Gasteiger partial charge in [0.1, 0.15) is 17.8 Å². The fourth-order valence-corrected chi connectivity index (χ4v) is 1.93. The van der Waals surface area contributed by atoms with Gasteiger partial charge < -0.3 is 9.32 Å². The normalized spacial score (nSPS) is 10.3. The molecule has 0 bridgehead atoms. The summed E-state index contributed by atoms with van der Waals surface area (Å²) in [5.41, 5.74) is 2.87. The molecule has 20 heavy (non-hydrogen) atoms. The van der Waals surface area contributed by atoms with Crippen LogP contribution in [0, 0.1) is 5.82 Å². The topological polar surface area (TPSA) is 71.5 Å². The van der Waals surface area contributed by atoms with Crippen molar-refractivity contribution in [3.8, 4) is 0 Å². The number of nitrogens with one attached hydrogen (secondary N) is 1. The molecule has 5 nitrogen and oxygen atoms in total. The Morgan fingerprint density at radius 3 is 2.85 bits per heavy atom. The Morgan fingerprint density at radius 1 is 1.45 bits per heavy atom. The Morgan fingerprint density at radius 2 is 2.20 bits per heavy atom. The number of benzene rings is 1. The Kier molecular flexibility index (Phi) is 4.37. The van der Waals surface area contributed by atoms with Crippen LogP contribution in [-0.2, 0) is 6.54 Å². The summed E-state index contributed by atoms with van der Waals surface area (Å²) in [6.45, 7) is 2.90. The number of hydrogen-bond donors (Lipinski definition) is 2. The van der Waals surface area contributed by atoms with E-state index >= 15 is 0 Å². The number of anilines is 1. The average Bonchev–Trinajstić information content (AvgIpc) is 2.93. The molecule has 0 aliphatic rings. The van der Waals surface area contributed by atoms with Crippen LogP contribution < -0.4 is 16.2 Å². The number of rotatable bonds is 5. The second-order valence-electron chi connectivity index (χ2n) is 4.24. The highest BCUT2D eigenvalue weighted by Crippen LogP contribution is 2.21. The van der Waals surface area contributed by atoms with Crippen molar-refractivity contribution in [2.24, 2.45) is 5.84 Å². The van der Waals surface area contributed by atoms with Crippen molar-refractivity contribution in [3.05, 3.63) is 53.7 Å². The van der Waals surface area contributed by atoms with Gasteiger partial charge >= 0.3 is 0 Å². The van der Waals surface area contributed by atoms with Crippen LogP contribution >= 0.6 is 0 Å². The number of hydrogen-bond acceptors (Lipinski definition) is 4. The Labute approximate surface area is 116 Å². The van der Waals surface area contributed by atoms with Crippen molar-refractivity contribution < 1.29 is 13.6 Å². The van der Waals surface area contributed by atoms with Crippen LogP contribution in [0.1, 0.15) is 23.0 Å². The number of carbonyl (C=O) groups excluding carboxylic acids is 1. The van der Waals surface area contributed by atoms with Crippen LogP contribution in [0.3, 0.4) is 0 Å². The molecule has 2 rings (SSSR count). The van der Waals surface area contributed by atoms with Gasteiger partial charge in [-0.3, -0.25) is 10.2 Å². The molecule has 1 aromatic carbocycles. The van der Waals surface area contributed by atoms with Gasteiger partial charge in [-0.05, 0) is 25.1 Å². The number of amides is 1. The molecule has 1 amide bonds. The minimum Gasteiger partial charge on any atom is -0.467 e. The first kappa shape index (κ1) is 14.1. The Balaban J connectivity index is 2.17. The number of halogens is 1. The highest BCUT2D eigenvalue weighted by Gasteiger charge is 2.14. The molecular weight excluding hydrogens is 261 g/mol. The molecule has 106 valence electrons.